The summed E-state index contributed by atoms with van der Waals surface area (Å²) in [5, 5.41) is 5.93. The van der Waals surface area contributed by atoms with E-state index in [2.05, 4.69) is 10.6 Å². The molecule has 2 aromatic carbocycles. The summed E-state index contributed by atoms with van der Waals surface area (Å²) in [5.74, 6) is -0.939. The van der Waals surface area contributed by atoms with Crippen LogP contribution in [0, 0.1) is 0 Å². The van der Waals surface area contributed by atoms with Crippen LogP contribution >= 0.6 is 23.2 Å². The first-order valence-corrected chi connectivity index (χ1v) is 9.64. The van der Waals surface area contributed by atoms with Crippen molar-refractivity contribution in [1.82, 2.24) is 10.2 Å². The Morgan fingerprint density at radius 2 is 1.93 bits per heavy atom. The third kappa shape index (κ3) is 3.02. The van der Waals surface area contributed by atoms with Crippen LogP contribution in [0.4, 0.5) is 10.5 Å². The summed E-state index contributed by atoms with van der Waals surface area (Å²) >= 11 is 12.0. The summed E-state index contributed by atoms with van der Waals surface area (Å²) in [7, 11) is 0. The van der Waals surface area contributed by atoms with Gasteiger partial charge in [0.05, 0.1) is 15.7 Å². The first kappa shape index (κ1) is 18.8. The highest BCUT2D eigenvalue weighted by Crippen LogP contribution is 2.39. The number of rotatable bonds is 3. The number of nitrogens with zero attached hydrogens (tertiary/aromatic N) is 1. The van der Waals surface area contributed by atoms with Gasteiger partial charge in [0.15, 0.2) is 0 Å². The first-order valence-electron chi connectivity index (χ1n) is 8.89. The van der Waals surface area contributed by atoms with Gasteiger partial charge in [0.25, 0.3) is 5.91 Å². The second-order valence-corrected chi connectivity index (χ2v) is 7.67. The number of imide groups is 1. The fourth-order valence-corrected chi connectivity index (χ4v) is 4.24. The van der Waals surface area contributed by atoms with Crippen LogP contribution in [0.5, 0.6) is 0 Å². The smallest absolute Gasteiger partial charge is 0.323 e. The molecule has 4 rings (SSSR count). The molecule has 28 heavy (non-hydrogen) atoms. The Morgan fingerprint density at radius 3 is 2.75 bits per heavy atom. The minimum atomic E-state index is -1.10. The molecule has 1 spiro atoms. The van der Waals surface area contributed by atoms with E-state index in [9.17, 15) is 14.4 Å². The second kappa shape index (κ2) is 7.11. The highest BCUT2D eigenvalue weighted by Gasteiger charge is 2.54. The van der Waals surface area contributed by atoms with E-state index in [-0.39, 0.29) is 5.02 Å². The molecule has 1 heterocycles. The molecule has 1 aliphatic carbocycles. The standard InChI is InChI=1S/C20H17Cl2N3O3/c21-14-8-3-9-15(17(14)22)23-16(26)11-25-18(27)20(24-19(25)28)10-4-6-12-5-1-2-7-13(12)20/h1-3,5,7-9H,4,6,10-11H2,(H,23,26)(H,24,28). The van der Waals surface area contributed by atoms with Gasteiger partial charge in [-0.05, 0) is 42.5 Å². The van der Waals surface area contributed by atoms with Crippen LogP contribution in [-0.4, -0.2) is 29.3 Å². The average molecular weight is 418 g/mol. The van der Waals surface area contributed by atoms with Gasteiger partial charge in [-0.1, -0.05) is 53.5 Å². The highest BCUT2D eigenvalue weighted by atomic mass is 35.5. The molecule has 1 fully saturated rings. The van der Waals surface area contributed by atoms with Crippen LogP contribution in [0.2, 0.25) is 10.0 Å². The Morgan fingerprint density at radius 1 is 1.14 bits per heavy atom. The zero-order chi connectivity index (χ0) is 19.9. The molecule has 1 aliphatic heterocycles. The molecule has 1 unspecified atom stereocenters. The van der Waals surface area contributed by atoms with E-state index >= 15 is 0 Å². The predicted molar refractivity (Wildman–Crippen MR) is 106 cm³/mol. The van der Waals surface area contributed by atoms with Gasteiger partial charge in [-0.15, -0.1) is 0 Å². The van der Waals surface area contributed by atoms with Crippen molar-refractivity contribution in [3.05, 3.63) is 63.6 Å². The summed E-state index contributed by atoms with van der Waals surface area (Å²) in [5.41, 5.74) is 1.07. The van der Waals surface area contributed by atoms with Crippen LogP contribution in [-0.2, 0) is 21.5 Å². The SMILES string of the molecule is O=C(CN1C(=O)NC2(CCCc3ccccc32)C1=O)Nc1cccc(Cl)c1Cl. The highest BCUT2D eigenvalue weighted by molar-refractivity contribution is 6.44. The fraction of sp³-hybridized carbons (Fsp3) is 0.250. The molecule has 1 atom stereocenters. The van der Waals surface area contributed by atoms with Crippen LogP contribution in [0.3, 0.4) is 0 Å². The quantitative estimate of drug-likeness (QED) is 0.746. The number of anilines is 1. The summed E-state index contributed by atoms with van der Waals surface area (Å²) < 4.78 is 0. The first-order chi connectivity index (χ1) is 13.4. The largest absolute Gasteiger partial charge is 0.325 e. The molecular weight excluding hydrogens is 401 g/mol. The minimum Gasteiger partial charge on any atom is -0.323 e. The topological polar surface area (TPSA) is 78.5 Å². The van der Waals surface area contributed by atoms with Crippen LogP contribution in [0.25, 0.3) is 0 Å². The van der Waals surface area contributed by atoms with E-state index < -0.39 is 29.9 Å². The molecule has 2 N–H and O–H groups in total. The van der Waals surface area contributed by atoms with Crippen molar-refractivity contribution in [3.63, 3.8) is 0 Å². The zero-order valence-electron chi connectivity index (χ0n) is 14.8. The van der Waals surface area contributed by atoms with Gasteiger partial charge in [0.2, 0.25) is 5.91 Å². The maximum absolute atomic E-state index is 13.2. The van der Waals surface area contributed by atoms with E-state index in [0.717, 1.165) is 28.9 Å². The van der Waals surface area contributed by atoms with E-state index in [0.29, 0.717) is 17.1 Å². The molecule has 0 radical (unpaired) electrons. The Kier molecular flexibility index (Phi) is 4.77. The lowest BCUT2D eigenvalue weighted by Gasteiger charge is -2.33. The molecule has 0 aromatic heterocycles. The van der Waals surface area contributed by atoms with Crippen molar-refractivity contribution >= 4 is 46.7 Å². The zero-order valence-corrected chi connectivity index (χ0v) is 16.3. The molecule has 144 valence electrons. The van der Waals surface area contributed by atoms with Crippen LogP contribution in [0.1, 0.15) is 24.0 Å². The molecule has 2 aliphatic rings. The van der Waals surface area contributed by atoms with Crippen molar-refractivity contribution in [2.45, 2.75) is 24.8 Å². The lowest BCUT2D eigenvalue weighted by molar-refractivity contribution is -0.134. The lowest BCUT2D eigenvalue weighted by atomic mass is 9.76. The predicted octanol–water partition coefficient (Wildman–Crippen LogP) is 3.72. The number of urea groups is 1. The monoisotopic (exact) mass is 417 g/mol. The fourth-order valence-electron chi connectivity index (χ4n) is 3.89. The molecule has 0 saturated carbocycles. The van der Waals surface area contributed by atoms with Crippen molar-refractivity contribution < 1.29 is 14.4 Å². The molecular formula is C20H17Cl2N3O3. The Labute approximate surface area is 171 Å². The van der Waals surface area contributed by atoms with E-state index in [4.69, 9.17) is 23.2 Å². The number of halogens is 2. The van der Waals surface area contributed by atoms with E-state index in [1.165, 1.54) is 0 Å². The van der Waals surface area contributed by atoms with Crippen molar-refractivity contribution in [1.29, 1.82) is 0 Å². The maximum Gasteiger partial charge on any atom is 0.325 e. The van der Waals surface area contributed by atoms with Gasteiger partial charge >= 0.3 is 6.03 Å². The summed E-state index contributed by atoms with van der Waals surface area (Å²) in [6.45, 7) is -0.405. The van der Waals surface area contributed by atoms with Gasteiger partial charge in [-0.2, -0.15) is 0 Å². The van der Waals surface area contributed by atoms with Crippen molar-refractivity contribution in [2.75, 3.05) is 11.9 Å². The Hall–Kier alpha value is -2.57. The van der Waals surface area contributed by atoms with Gasteiger partial charge in [0, 0.05) is 0 Å². The van der Waals surface area contributed by atoms with E-state index in [1.807, 2.05) is 24.3 Å². The molecule has 4 amide bonds. The maximum atomic E-state index is 13.2. The van der Waals surface area contributed by atoms with Crippen molar-refractivity contribution in [2.24, 2.45) is 0 Å². The lowest BCUT2D eigenvalue weighted by Crippen LogP contribution is -2.47. The number of nitrogens with one attached hydrogen (secondary N) is 2. The van der Waals surface area contributed by atoms with Gasteiger partial charge < -0.3 is 10.6 Å². The third-order valence-corrected chi connectivity index (χ3v) is 6.00. The molecule has 0 bridgehead atoms. The summed E-state index contributed by atoms with van der Waals surface area (Å²) in [6, 6.07) is 11.9. The van der Waals surface area contributed by atoms with Gasteiger partial charge in [-0.3, -0.25) is 14.5 Å². The summed E-state index contributed by atoms with van der Waals surface area (Å²) in [4.78, 5) is 39.1. The van der Waals surface area contributed by atoms with Crippen LogP contribution in [0.15, 0.2) is 42.5 Å². The molecule has 2 aromatic rings. The third-order valence-electron chi connectivity index (χ3n) is 5.18. The van der Waals surface area contributed by atoms with Gasteiger partial charge in [0.1, 0.15) is 12.1 Å². The molecule has 8 heteroatoms. The molecule has 1 saturated heterocycles. The molecule has 6 nitrogen and oxygen atoms in total. The number of aryl methyl sites for hydroxylation is 1. The summed E-state index contributed by atoms with van der Waals surface area (Å²) in [6.07, 6.45) is 2.14. The number of amides is 4. The average Bonchev–Trinajstić information content (AvgIpc) is 2.91. The second-order valence-electron chi connectivity index (χ2n) is 6.89. The van der Waals surface area contributed by atoms with Gasteiger partial charge in [-0.25, -0.2) is 4.79 Å². The van der Waals surface area contributed by atoms with Crippen molar-refractivity contribution in [3.8, 4) is 0 Å². The Balaban J connectivity index is 1.56. The number of benzene rings is 2. The Bertz CT molecular complexity index is 994. The van der Waals surface area contributed by atoms with Crippen LogP contribution < -0.4 is 10.6 Å². The minimum absolute atomic E-state index is 0.201. The van der Waals surface area contributed by atoms with E-state index in [1.54, 1.807) is 18.2 Å². The number of carbonyl (C=O) groups excluding carboxylic acids is 3. The normalized spacial score (nSPS) is 20.9. The number of fused-ring (bicyclic) bond motifs is 2. The number of hydrogen-bond acceptors (Lipinski definition) is 3. The number of carbonyl (C=O) groups is 3. The number of hydrogen-bond donors (Lipinski definition) is 2.